The van der Waals surface area contributed by atoms with E-state index in [2.05, 4.69) is 21.3 Å². The summed E-state index contributed by atoms with van der Waals surface area (Å²) in [6.45, 7) is 5.45. The van der Waals surface area contributed by atoms with Gasteiger partial charge in [-0.1, -0.05) is 6.42 Å². The fourth-order valence-electron chi connectivity index (χ4n) is 4.27. The van der Waals surface area contributed by atoms with Crippen LogP contribution in [-0.2, 0) is 28.6 Å². The van der Waals surface area contributed by atoms with E-state index in [1.165, 1.54) is 6.92 Å². The minimum absolute atomic E-state index is 0.0458. The quantitative estimate of drug-likeness (QED) is 0.0910. The molecule has 4 atom stereocenters. The number of ketones is 1. The number of thioether (sulfide) groups is 1. The standard InChI is InChI=1S/C25H45N5O7S/c1-18(31)16-19(24(33)27-9-5-11-36-13-15-37-14-12-35-10-4-8-26)28-22(32)7-3-2-6-21-23-20(17-38-21)29-25(34)30-23/h19-21,23H,2-17,26H2,1H3,(H,27,33)(H,28,32)(H2,29,30,34). The smallest absolute Gasteiger partial charge is 0.315 e. The Morgan fingerprint density at radius 2 is 1.68 bits per heavy atom. The summed E-state index contributed by atoms with van der Waals surface area (Å²) in [4.78, 5) is 48.1. The molecular weight excluding hydrogens is 514 g/mol. The third kappa shape index (κ3) is 13.2. The van der Waals surface area contributed by atoms with E-state index in [0.717, 1.165) is 25.0 Å². The van der Waals surface area contributed by atoms with Gasteiger partial charge in [0.15, 0.2) is 0 Å². The fourth-order valence-corrected chi connectivity index (χ4v) is 5.82. The Morgan fingerprint density at radius 1 is 1.00 bits per heavy atom. The molecule has 2 saturated heterocycles. The van der Waals surface area contributed by atoms with Gasteiger partial charge < -0.3 is 41.2 Å². The summed E-state index contributed by atoms with van der Waals surface area (Å²) < 4.78 is 16.2. The van der Waals surface area contributed by atoms with Gasteiger partial charge in [0, 0.05) is 43.6 Å². The predicted octanol–water partition coefficient (Wildman–Crippen LogP) is 0.0810. The number of urea groups is 1. The highest BCUT2D eigenvalue weighted by Crippen LogP contribution is 2.33. The number of ether oxygens (including phenoxy) is 3. The van der Waals surface area contributed by atoms with Crippen LogP contribution in [-0.4, -0.2) is 105 Å². The van der Waals surface area contributed by atoms with Crippen molar-refractivity contribution in [1.82, 2.24) is 21.3 Å². The zero-order valence-corrected chi connectivity index (χ0v) is 23.3. The van der Waals surface area contributed by atoms with Crippen LogP contribution in [0, 0.1) is 0 Å². The van der Waals surface area contributed by atoms with Crippen LogP contribution in [0.4, 0.5) is 4.79 Å². The van der Waals surface area contributed by atoms with Crippen LogP contribution >= 0.6 is 11.8 Å². The molecule has 6 N–H and O–H groups in total. The third-order valence-corrected chi connectivity index (χ3v) is 7.73. The summed E-state index contributed by atoms with van der Waals surface area (Å²) >= 11 is 1.84. The Bertz CT molecular complexity index is 745. The van der Waals surface area contributed by atoms with E-state index in [0.29, 0.717) is 70.8 Å². The lowest BCUT2D eigenvalue weighted by Gasteiger charge is -2.18. The second kappa shape index (κ2) is 19.2. The van der Waals surface area contributed by atoms with Crippen molar-refractivity contribution in [3.8, 4) is 0 Å². The molecule has 2 rings (SSSR count). The van der Waals surface area contributed by atoms with Crippen molar-refractivity contribution in [2.75, 3.05) is 58.5 Å². The lowest BCUT2D eigenvalue weighted by Crippen LogP contribution is -2.48. The van der Waals surface area contributed by atoms with Crippen molar-refractivity contribution in [2.45, 2.75) is 75.2 Å². The number of unbranched alkanes of at least 4 members (excludes halogenated alkanes) is 1. The molecule has 0 saturated carbocycles. The number of nitrogens with one attached hydrogen (secondary N) is 4. The highest BCUT2D eigenvalue weighted by Gasteiger charge is 2.42. The number of hydrogen-bond acceptors (Lipinski definition) is 9. The molecule has 13 heteroatoms. The van der Waals surface area contributed by atoms with E-state index < -0.39 is 6.04 Å². The van der Waals surface area contributed by atoms with E-state index >= 15 is 0 Å². The molecule has 2 heterocycles. The van der Waals surface area contributed by atoms with Gasteiger partial charge in [0.25, 0.3) is 0 Å². The minimum atomic E-state index is -0.882. The maximum atomic E-state index is 12.6. The molecule has 12 nitrogen and oxygen atoms in total. The van der Waals surface area contributed by atoms with Crippen molar-refractivity contribution < 1.29 is 33.4 Å². The number of rotatable bonds is 22. The van der Waals surface area contributed by atoms with Gasteiger partial charge in [-0.25, -0.2) is 4.79 Å². The molecule has 4 amide bonds. The topological polar surface area (TPSA) is 170 Å². The molecule has 0 aromatic heterocycles. The lowest BCUT2D eigenvalue weighted by atomic mass is 10.0. The maximum Gasteiger partial charge on any atom is 0.315 e. The first-order valence-corrected chi connectivity index (χ1v) is 14.6. The molecule has 0 spiro atoms. The van der Waals surface area contributed by atoms with Crippen molar-refractivity contribution in [2.24, 2.45) is 5.73 Å². The molecule has 0 bridgehead atoms. The average molecular weight is 560 g/mol. The second-order valence-corrected chi connectivity index (χ2v) is 10.8. The highest BCUT2D eigenvalue weighted by molar-refractivity contribution is 8.00. The molecule has 2 aliphatic heterocycles. The van der Waals surface area contributed by atoms with Crippen molar-refractivity contribution in [3.63, 3.8) is 0 Å². The van der Waals surface area contributed by atoms with E-state index in [1.807, 2.05) is 11.8 Å². The van der Waals surface area contributed by atoms with Gasteiger partial charge in [-0.3, -0.25) is 14.4 Å². The van der Waals surface area contributed by atoms with Crippen LogP contribution < -0.4 is 27.0 Å². The number of fused-ring (bicyclic) bond motifs is 1. The fraction of sp³-hybridized carbons (Fsp3) is 0.840. The second-order valence-electron chi connectivity index (χ2n) is 9.52. The van der Waals surface area contributed by atoms with Crippen molar-refractivity contribution >= 4 is 35.4 Å². The van der Waals surface area contributed by atoms with E-state index in [1.54, 1.807) is 0 Å². The van der Waals surface area contributed by atoms with Gasteiger partial charge in [-0.05, 0) is 39.2 Å². The van der Waals surface area contributed by atoms with Crippen LogP contribution in [0.25, 0.3) is 0 Å². The predicted molar refractivity (Wildman–Crippen MR) is 145 cm³/mol. The summed E-state index contributed by atoms with van der Waals surface area (Å²) in [5, 5.41) is 11.7. The van der Waals surface area contributed by atoms with Crippen LogP contribution in [0.3, 0.4) is 0 Å². The van der Waals surface area contributed by atoms with Gasteiger partial charge in [-0.2, -0.15) is 11.8 Å². The summed E-state index contributed by atoms with van der Waals surface area (Å²) in [7, 11) is 0. The van der Waals surface area contributed by atoms with E-state index in [9.17, 15) is 19.2 Å². The molecule has 0 aliphatic carbocycles. The zero-order chi connectivity index (χ0) is 27.6. The number of amides is 4. The SMILES string of the molecule is CC(=O)CC(NC(=O)CCCCC1SCC2NC(=O)NC21)C(=O)NCCCOCCOCCOCCCN. The van der Waals surface area contributed by atoms with Gasteiger partial charge in [-0.15, -0.1) is 0 Å². The van der Waals surface area contributed by atoms with Crippen molar-refractivity contribution in [3.05, 3.63) is 0 Å². The van der Waals surface area contributed by atoms with Gasteiger partial charge in [0.05, 0.1) is 38.5 Å². The van der Waals surface area contributed by atoms with Crippen LogP contribution in [0.15, 0.2) is 0 Å². The van der Waals surface area contributed by atoms with Gasteiger partial charge >= 0.3 is 6.03 Å². The molecule has 0 radical (unpaired) electrons. The van der Waals surface area contributed by atoms with Gasteiger partial charge in [0.2, 0.25) is 11.8 Å². The Labute approximate surface area is 229 Å². The average Bonchev–Trinajstić information content (AvgIpc) is 3.43. The largest absolute Gasteiger partial charge is 0.379 e. The molecule has 218 valence electrons. The number of hydrogen-bond donors (Lipinski definition) is 5. The summed E-state index contributed by atoms with van der Waals surface area (Å²) in [5.74, 6) is 0.124. The molecule has 2 fully saturated rings. The van der Waals surface area contributed by atoms with Crippen LogP contribution in [0.1, 0.15) is 51.9 Å². The van der Waals surface area contributed by atoms with Crippen molar-refractivity contribution in [1.29, 1.82) is 0 Å². The molecule has 38 heavy (non-hydrogen) atoms. The minimum Gasteiger partial charge on any atom is -0.379 e. The van der Waals surface area contributed by atoms with Crippen LogP contribution in [0.2, 0.25) is 0 Å². The lowest BCUT2D eigenvalue weighted by molar-refractivity contribution is -0.131. The zero-order valence-electron chi connectivity index (χ0n) is 22.5. The summed E-state index contributed by atoms with van der Waals surface area (Å²) in [6, 6.07) is -0.643. The Morgan fingerprint density at radius 3 is 2.37 bits per heavy atom. The number of nitrogens with two attached hydrogens (primary N) is 1. The number of carbonyl (C=O) groups excluding carboxylic acids is 4. The van der Waals surface area contributed by atoms with E-state index in [-0.39, 0.29) is 48.6 Å². The molecule has 0 aromatic carbocycles. The Kier molecular flexibility index (Phi) is 16.3. The summed E-state index contributed by atoms with van der Waals surface area (Å²) in [6.07, 6.45) is 4.12. The monoisotopic (exact) mass is 559 g/mol. The Hall–Kier alpha value is -1.93. The third-order valence-electron chi connectivity index (χ3n) is 6.23. The van der Waals surface area contributed by atoms with Crippen LogP contribution in [0.5, 0.6) is 0 Å². The Balaban J connectivity index is 1.51. The van der Waals surface area contributed by atoms with E-state index in [4.69, 9.17) is 19.9 Å². The molecule has 4 unspecified atom stereocenters. The maximum absolute atomic E-state index is 12.6. The molecule has 0 aromatic rings. The normalized spacial score (nSPS) is 20.9. The van der Waals surface area contributed by atoms with Gasteiger partial charge in [0.1, 0.15) is 11.8 Å². The first-order valence-electron chi connectivity index (χ1n) is 13.6. The summed E-state index contributed by atoms with van der Waals surface area (Å²) in [5.41, 5.74) is 5.39. The highest BCUT2D eigenvalue weighted by atomic mass is 32.2. The first kappa shape index (κ1) is 32.3. The molecular formula is C25H45N5O7S. The number of carbonyl (C=O) groups is 4. The molecule has 2 aliphatic rings. The first-order chi connectivity index (χ1) is 18.4. The number of Topliss-reactive ketones (excluding diaryl/α,β-unsaturated/α-hetero) is 1.